The first-order valence-corrected chi connectivity index (χ1v) is 4.31. The molecule has 2 rings (SSSR count). The van der Waals surface area contributed by atoms with Crippen molar-refractivity contribution in [2.45, 2.75) is 25.9 Å². The van der Waals surface area contributed by atoms with Gasteiger partial charge in [0, 0.05) is 6.42 Å². The van der Waals surface area contributed by atoms with E-state index in [0.29, 0.717) is 18.3 Å². The van der Waals surface area contributed by atoms with Gasteiger partial charge in [0.25, 0.3) is 0 Å². The highest BCUT2D eigenvalue weighted by molar-refractivity contribution is 5.71. The number of nitriles is 1. The molecule has 4 unspecified atom stereocenters. The van der Waals surface area contributed by atoms with E-state index in [1.165, 1.54) is 0 Å². The van der Waals surface area contributed by atoms with Gasteiger partial charge in [-0.1, -0.05) is 6.92 Å². The molecule has 3 heteroatoms. The molecule has 1 heterocycles. The fourth-order valence-electron chi connectivity index (χ4n) is 2.31. The smallest absolute Gasteiger partial charge is 0.306 e. The van der Waals surface area contributed by atoms with Gasteiger partial charge in [0.15, 0.2) is 0 Å². The lowest BCUT2D eigenvalue weighted by Gasteiger charge is -2.26. The zero-order chi connectivity index (χ0) is 8.72. The Labute approximate surface area is 71.3 Å². The number of carbonyl (C=O) groups excluding carboxylic acids is 1. The summed E-state index contributed by atoms with van der Waals surface area (Å²) in [6, 6.07) is 2.21. The van der Waals surface area contributed by atoms with Crippen molar-refractivity contribution in [1.29, 1.82) is 5.26 Å². The number of esters is 1. The van der Waals surface area contributed by atoms with Crippen molar-refractivity contribution in [1.82, 2.24) is 0 Å². The Kier molecular flexibility index (Phi) is 1.57. The summed E-state index contributed by atoms with van der Waals surface area (Å²) >= 11 is 0. The molecule has 0 amide bonds. The lowest BCUT2D eigenvalue weighted by Crippen LogP contribution is -2.32. The summed E-state index contributed by atoms with van der Waals surface area (Å²) in [5, 5.41) is 8.78. The molecule has 64 valence electrons. The maximum absolute atomic E-state index is 11.0. The van der Waals surface area contributed by atoms with Crippen LogP contribution in [0.4, 0.5) is 0 Å². The first kappa shape index (κ1) is 7.60. The number of nitrogens with zero attached hydrogens (tertiary/aromatic N) is 1. The Morgan fingerprint density at radius 2 is 2.42 bits per heavy atom. The van der Waals surface area contributed by atoms with E-state index >= 15 is 0 Å². The molecule has 1 aliphatic heterocycles. The summed E-state index contributed by atoms with van der Waals surface area (Å²) in [5.74, 6) is 0.588. The van der Waals surface area contributed by atoms with E-state index < -0.39 is 0 Å². The molecule has 1 aliphatic carbocycles. The standard InChI is InChI=1S/C9H11NO2/c1-5-6-2-7(4-10)9(5)12-8(11)3-6/h5-7,9H,2-3H2,1H3. The fourth-order valence-corrected chi connectivity index (χ4v) is 2.31. The van der Waals surface area contributed by atoms with Crippen LogP contribution in [0.15, 0.2) is 0 Å². The molecule has 0 aromatic rings. The van der Waals surface area contributed by atoms with Crippen LogP contribution in [0, 0.1) is 29.1 Å². The number of carbonyl (C=O) groups is 1. The van der Waals surface area contributed by atoms with Crippen LogP contribution in [0.5, 0.6) is 0 Å². The Balaban J connectivity index is 2.22. The van der Waals surface area contributed by atoms with E-state index in [4.69, 9.17) is 10.00 Å². The number of ether oxygens (including phenoxy) is 1. The van der Waals surface area contributed by atoms with Gasteiger partial charge in [-0.3, -0.25) is 4.79 Å². The lowest BCUT2D eigenvalue weighted by molar-refractivity contribution is -0.158. The summed E-state index contributed by atoms with van der Waals surface area (Å²) in [6.07, 6.45) is 1.23. The van der Waals surface area contributed by atoms with Crippen LogP contribution in [0.1, 0.15) is 19.8 Å². The minimum absolute atomic E-state index is 0.0588. The lowest BCUT2D eigenvalue weighted by atomic mass is 9.92. The number of hydrogen-bond acceptors (Lipinski definition) is 3. The molecule has 0 radical (unpaired) electrons. The van der Waals surface area contributed by atoms with E-state index in [1.54, 1.807) is 0 Å². The second-order valence-corrected chi connectivity index (χ2v) is 3.75. The Hall–Kier alpha value is -1.04. The average molecular weight is 165 g/mol. The highest BCUT2D eigenvalue weighted by Gasteiger charge is 2.47. The van der Waals surface area contributed by atoms with Crippen LogP contribution >= 0.6 is 0 Å². The molecule has 2 aliphatic rings. The Bertz CT molecular complexity index is 256. The van der Waals surface area contributed by atoms with Crippen molar-refractivity contribution >= 4 is 5.97 Å². The minimum atomic E-state index is -0.124. The molecule has 1 saturated carbocycles. The molecule has 12 heavy (non-hydrogen) atoms. The average Bonchev–Trinajstić information content (AvgIpc) is 2.27. The van der Waals surface area contributed by atoms with Crippen molar-refractivity contribution < 1.29 is 9.53 Å². The highest BCUT2D eigenvalue weighted by atomic mass is 16.5. The van der Waals surface area contributed by atoms with Gasteiger partial charge in [-0.05, 0) is 18.3 Å². The third-order valence-electron chi connectivity index (χ3n) is 3.08. The summed E-state index contributed by atoms with van der Waals surface area (Å²) < 4.78 is 5.13. The molecular weight excluding hydrogens is 154 g/mol. The quantitative estimate of drug-likeness (QED) is 0.505. The zero-order valence-corrected chi connectivity index (χ0v) is 6.99. The second kappa shape index (κ2) is 2.48. The van der Waals surface area contributed by atoms with Crippen LogP contribution in [0.25, 0.3) is 0 Å². The zero-order valence-electron chi connectivity index (χ0n) is 6.99. The molecule has 0 spiro atoms. The van der Waals surface area contributed by atoms with Gasteiger partial charge < -0.3 is 4.74 Å². The first-order chi connectivity index (χ1) is 5.72. The molecule has 3 nitrogen and oxygen atoms in total. The molecule has 0 aromatic carbocycles. The van der Waals surface area contributed by atoms with Gasteiger partial charge in [0.2, 0.25) is 0 Å². The van der Waals surface area contributed by atoms with Crippen LogP contribution in [0.2, 0.25) is 0 Å². The molecule has 0 N–H and O–H groups in total. The maximum Gasteiger partial charge on any atom is 0.306 e. The van der Waals surface area contributed by atoms with E-state index in [0.717, 1.165) is 6.42 Å². The minimum Gasteiger partial charge on any atom is -0.461 e. The summed E-state index contributed by atoms with van der Waals surface area (Å²) in [4.78, 5) is 11.0. The fraction of sp³-hybridized carbons (Fsp3) is 0.778. The van der Waals surface area contributed by atoms with Crippen molar-refractivity contribution in [3.63, 3.8) is 0 Å². The van der Waals surface area contributed by atoms with Gasteiger partial charge in [0.05, 0.1) is 12.0 Å². The Morgan fingerprint density at radius 1 is 1.67 bits per heavy atom. The second-order valence-electron chi connectivity index (χ2n) is 3.75. The van der Waals surface area contributed by atoms with Crippen molar-refractivity contribution in [3.05, 3.63) is 0 Å². The third kappa shape index (κ3) is 0.911. The Morgan fingerprint density at radius 3 is 3.08 bits per heavy atom. The molecule has 0 aromatic heterocycles. The molecular formula is C9H11NO2. The van der Waals surface area contributed by atoms with E-state index in [9.17, 15) is 4.79 Å². The van der Waals surface area contributed by atoms with Crippen molar-refractivity contribution in [3.8, 4) is 6.07 Å². The van der Waals surface area contributed by atoms with Gasteiger partial charge >= 0.3 is 5.97 Å². The van der Waals surface area contributed by atoms with Crippen LogP contribution in [0.3, 0.4) is 0 Å². The van der Waals surface area contributed by atoms with Gasteiger partial charge in [-0.2, -0.15) is 5.26 Å². The van der Waals surface area contributed by atoms with Gasteiger partial charge in [-0.25, -0.2) is 0 Å². The molecule has 2 fully saturated rings. The normalized spacial score (nSPS) is 45.2. The SMILES string of the molecule is CC1C2CC(=O)OC1C(C#N)C2. The number of rotatable bonds is 0. The molecule has 1 saturated heterocycles. The number of fused-ring (bicyclic) bond motifs is 2. The summed E-state index contributed by atoms with van der Waals surface area (Å²) in [5.41, 5.74) is 0. The largest absolute Gasteiger partial charge is 0.461 e. The maximum atomic E-state index is 11.0. The van der Waals surface area contributed by atoms with Crippen LogP contribution in [-0.2, 0) is 9.53 Å². The molecule has 2 bridgehead atoms. The first-order valence-electron chi connectivity index (χ1n) is 4.31. The van der Waals surface area contributed by atoms with E-state index in [1.807, 2.05) is 0 Å². The number of hydrogen-bond donors (Lipinski definition) is 0. The monoisotopic (exact) mass is 165 g/mol. The van der Waals surface area contributed by atoms with Gasteiger partial charge in [-0.15, -0.1) is 0 Å². The summed E-state index contributed by atoms with van der Waals surface area (Å²) in [7, 11) is 0. The van der Waals surface area contributed by atoms with Crippen LogP contribution < -0.4 is 0 Å². The van der Waals surface area contributed by atoms with Crippen molar-refractivity contribution in [2.75, 3.05) is 0 Å². The van der Waals surface area contributed by atoms with E-state index in [2.05, 4.69) is 13.0 Å². The predicted molar refractivity (Wildman–Crippen MR) is 40.9 cm³/mol. The van der Waals surface area contributed by atoms with Gasteiger partial charge in [0.1, 0.15) is 6.10 Å². The highest BCUT2D eigenvalue weighted by Crippen LogP contribution is 2.43. The van der Waals surface area contributed by atoms with Crippen molar-refractivity contribution in [2.24, 2.45) is 17.8 Å². The third-order valence-corrected chi connectivity index (χ3v) is 3.08. The predicted octanol–water partition coefficient (Wildman–Crippen LogP) is 1.10. The van der Waals surface area contributed by atoms with Crippen LogP contribution in [-0.4, -0.2) is 12.1 Å². The van der Waals surface area contributed by atoms with E-state index in [-0.39, 0.29) is 18.0 Å². The topological polar surface area (TPSA) is 50.1 Å². The molecule has 4 atom stereocenters. The summed E-state index contributed by atoms with van der Waals surface area (Å²) in [6.45, 7) is 2.07.